The van der Waals surface area contributed by atoms with Crippen LogP contribution in [0.3, 0.4) is 0 Å². The minimum atomic E-state index is -1.18. The summed E-state index contributed by atoms with van der Waals surface area (Å²) in [6, 6.07) is 6.29. The molecule has 0 saturated carbocycles. The predicted molar refractivity (Wildman–Crippen MR) is 85.1 cm³/mol. The minimum Gasteiger partial charge on any atom is -0.550 e. The highest BCUT2D eigenvalue weighted by atomic mass is 19.1. The molecule has 3 aliphatic heterocycles. The summed E-state index contributed by atoms with van der Waals surface area (Å²) in [5.41, 5.74) is 0.921. The molecular weight excluding hydrogens is 327 g/mol. The number of carbonyl (C=O) groups is 2. The summed E-state index contributed by atoms with van der Waals surface area (Å²) in [6.07, 6.45) is 0.742. The van der Waals surface area contributed by atoms with Crippen molar-refractivity contribution < 1.29 is 23.8 Å². The number of piperazine rings is 1. The summed E-state index contributed by atoms with van der Waals surface area (Å²) >= 11 is 0. The molecule has 0 unspecified atom stereocenters. The largest absolute Gasteiger partial charge is 0.550 e. The summed E-state index contributed by atoms with van der Waals surface area (Å²) < 4.78 is 18.7. The zero-order chi connectivity index (χ0) is 17.6. The monoisotopic (exact) mass is 347 g/mol. The van der Waals surface area contributed by atoms with Crippen molar-refractivity contribution in [2.24, 2.45) is 11.8 Å². The normalized spacial score (nSPS) is 31.4. The number of amides is 1. The molecule has 3 saturated heterocycles. The van der Waals surface area contributed by atoms with E-state index < -0.39 is 17.8 Å². The first-order valence-electron chi connectivity index (χ1n) is 8.70. The van der Waals surface area contributed by atoms with Crippen LogP contribution in [0.4, 0.5) is 10.1 Å². The van der Waals surface area contributed by atoms with Crippen LogP contribution in [-0.2, 0) is 14.3 Å². The quantitative estimate of drug-likeness (QED) is 0.771. The maximum Gasteiger partial charge on any atom is 0.229 e. The number of carboxylic acid groups (broad SMARTS) is 1. The van der Waals surface area contributed by atoms with E-state index in [0.29, 0.717) is 32.6 Å². The fourth-order valence-corrected chi connectivity index (χ4v) is 4.34. The SMILES string of the molecule is O=C([O-])[C@H]1[C@@H](C(=O)N2CCN(c3ccc(F)cc3)CC2)[C@H]2CC[C@@H]1O2. The van der Waals surface area contributed by atoms with Gasteiger partial charge < -0.3 is 24.4 Å². The van der Waals surface area contributed by atoms with E-state index in [2.05, 4.69) is 4.90 Å². The van der Waals surface area contributed by atoms with E-state index in [1.54, 1.807) is 17.0 Å². The number of hydrogen-bond acceptors (Lipinski definition) is 5. The minimum absolute atomic E-state index is 0.139. The Morgan fingerprint density at radius 2 is 1.60 bits per heavy atom. The van der Waals surface area contributed by atoms with Gasteiger partial charge in [-0.2, -0.15) is 0 Å². The summed E-state index contributed by atoms with van der Waals surface area (Å²) in [5, 5.41) is 11.5. The number of hydrogen-bond donors (Lipinski definition) is 0. The number of aliphatic carboxylic acids is 1. The molecule has 4 rings (SSSR count). The second-order valence-electron chi connectivity index (χ2n) is 6.95. The highest BCUT2D eigenvalue weighted by molar-refractivity contribution is 5.86. The van der Waals surface area contributed by atoms with Crippen molar-refractivity contribution in [2.45, 2.75) is 25.0 Å². The molecule has 0 aromatic heterocycles. The van der Waals surface area contributed by atoms with Crippen molar-refractivity contribution in [3.8, 4) is 0 Å². The van der Waals surface area contributed by atoms with Crippen molar-refractivity contribution >= 4 is 17.6 Å². The molecule has 0 aliphatic carbocycles. The van der Waals surface area contributed by atoms with Crippen LogP contribution < -0.4 is 10.0 Å². The van der Waals surface area contributed by atoms with E-state index in [1.165, 1.54) is 12.1 Å². The van der Waals surface area contributed by atoms with Gasteiger partial charge in [-0.15, -0.1) is 0 Å². The number of benzene rings is 1. The van der Waals surface area contributed by atoms with E-state index in [9.17, 15) is 19.1 Å². The first-order valence-corrected chi connectivity index (χ1v) is 8.70. The fraction of sp³-hybridized carbons (Fsp3) is 0.556. The van der Waals surface area contributed by atoms with Crippen molar-refractivity contribution in [3.05, 3.63) is 30.1 Å². The van der Waals surface area contributed by atoms with Gasteiger partial charge >= 0.3 is 0 Å². The Hall–Kier alpha value is -2.15. The molecule has 1 aromatic rings. The van der Waals surface area contributed by atoms with Gasteiger partial charge in [-0.1, -0.05) is 0 Å². The summed E-state index contributed by atoms with van der Waals surface area (Å²) in [5.74, 6) is -3.06. The zero-order valence-corrected chi connectivity index (χ0v) is 13.8. The number of carbonyl (C=O) groups excluding carboxylic acids is 2. The number of ether oxygens (including phenoxy) is 1. The Balaban J connectivity index is 1.41. The third-order valence-corrected chi connectivity index (χ3v) is 5.61. The van der Waals surface area contributed by atoms with Crippen LogP contribution in [0.25, 0.3) is 0 Å². The molecule has 134 valence electrons. The molecule has 0 radical (unpaired) electrons. The van der Waals surface area contributed by atoms with Crippen LogP contribution in [-0.4, -0.2) is 55.2 Å². The number of halogens is 1. The molecule has 25 heavy (non-hydrogen) atoms. The Kier molecular flexibility index (Phi) is 4.11. The second-order valence-corrected chi connectivity index (χ2v) is 6.95. The fourth-order valence-electron chi connectivity index (χ4n) is 4.34. The molecule has 3 aliphatic rings. The third-order valence-electron chi connectivity index (χ3n) is 5.61. The van der Waals surface area contributed by atoms with Crippen LogP contribution in [0.5, 0.6) is 0 Å². The molecule has 1 aromatic carbocycles. The lowest BCUT2D eigenvalue weighted by Crippen LogP contribution is -2.54. The zero-order valence-electron chi connectivity index (χ0n) is 13.8. The van der Waals surface area contributed by atoms with Gasteiger partial charge in [-0.25, -0.2) is 4.39 Å². The number of rotatable bonds is 3. The lowest BCUT2D eigenvalue weighted by atomic mass is 9.78. The van der Waals surface area contributed by atoms with Gasteiger partial charge in [0, 0.05) is 43.8 Å². The van der Waals surface area contributed by atoms with Crippen LogP contribution >= 0.6 is 0 Å². The van der Waals surface area contributed by atoms with E-state index in [0.717, 1.165) is 12.1 Å². The predicted octanol–water partition coefficient (Wildman–Crippen LogP) is 0.0178. The number of nitrogens with zero attached hydrogens (tertiary/aromatic N) is 2. The Bertz CT molecular complexity index is 672. The van der Waals surface area contributed by atoms with Gasteiger partial charge in [0.25, 0.3) is 0 Å². The maximum atomic E-state index is 13.0. The van der Waals surface area contributed by atoms with Gasteiger partial charge in [0.1, 0.15) is 5.82 Å². The first kappa shape index (κ1) is 16.3. The third kappa shape index (κ3) is 2.86. The van der Waals surface area contributed by atoms with Crippen molar-refractivity contribution in [3.63, 3.8) is 0 Å². The number of carboxylic acids is 1. The lowest BCUT2D eigenvalue weighted by Gasteiger charge is -2.39. The summed E-state index contributed by atoms with van der Waals surface area (Å²) in [7, 11) is 0. The molecule has 6 nitrogen and oxygen atoms in total. The summed E-state index contributed by atoms with van der Waals surface area (Å²) in [6.45, 7) is 2.30. The first-order chi connectivity index (χ1) is 12.0. The van der Waals surface area contributed by atoms with E-state index in [4.69, 9.17) is 4.74 Å². The number of fused-ring (bicyclic) bond motifs is 2. The van der Waals surface area contributed by atoms with E-state index in [-0.39, 0.29) is 23.9 Å². The van der Waals surface area contributed by atoms with Gasteiger partial charge in [-0.05, 0) is 37.1 Å². The van der Waals surface area contributed by atoms with Crippen LogP contribution in [0.2, 0.25) is 0 Å². The van der Waals surface area contributed by atoms with Crippen molar-refractivity contribution in [2.75, 3.05) is 31.1 Å². The van der Waals surface area contributed by atoms with Gasteiger partial charge in [0.15, 0.2) is 0 Å². The van der Waals surface area contributed by atoms with E-state index >= 15 is 0 Å². The highest BCUT2D eigenvalue weighted by Gasteiger charge is 2.53. The molecule has 3 heterocycles. The maximum absolute atomic E-state index is 13.0. The van der Waals surface area contributed by atoms with Gasteiger partial charge in [-0.3, -0.25) is 4.79 Å². The molecule has 2 bridgehead atoms. The smallest absolute Gasteiger partial charge is 0.229 e. The standard InChI is InChI=1S/C18H21FN2O4/c19-11-1-3-12(4-2-11)20-7-9-21(10-8-20)17(22)15-13-5-6-14(25-13)16(15)18(23)24/h1-4,13-16H,5-10H2,(H,23,24)/p-1/t13-,14+,15+,16-/m1/s1. The van der Waals surface area contributed by atoms with Crippen molar-refractivity contribution in [1.29, 1.82) is 0 Å². The molecule has 0 spiro atoms. The molecule has 3 fully saturated rings. The van der Waals surface area contributed by atoms with Gasteiger partial charge in [0.05, 0.1) is 18.1 Å². The van der Waals surface area contributed by atoms with Crippen LogP contribution in [0, 0.1) is 17.7 Å². The van der Waals surface area contributed by atoms with Gasteiger partial charge in [0.2, 0.25) is 5.91 Å². The summed E-state index contributed by atoms with van der Waals surface area (Å²) in [4.78, 5) is 28.2. The second kappa shape index (κ2) is 6.29. The lowest BCUT2D eigenvalue weighted by molar-refractivity contribution is -0.314. The topological polar surface area (TPSA) is 72.9 Å². The molecule has 7 heteroatoms. The number of anilines is 1. The Morgan fingerprint density at radius 1 is 1.00 bits per heavy atom. The molecule has 1 amide bonds. The molecule has 4 atom stereocenters. The molecular formula is C18H20FN2O4-. The Labute approximate surface area is 145 Å². The van der Waals surface area contributed by atoms with Crippen molar-refractivity contribution in [1.82, 2.24) is 4.90 Å². The average Bonchev–Trinajstić information content (AvgIpc) is 3.23. The average molecular weight is 347 g/mol. The highest BCUT2D eigenvalue weighted by Crippen LogP contribution is 2.44. The van der Waals surface area contributed by atoms with Crippen LogP contribution in [0.1, 0.15) is 12.8 Å². The van der Waals surface area contributed by atoms with E-state index in [1.807, 2.05) is 0 Å². The molecule has 0 N–H and O–H groups in total. The van der Waals surface area contributed by atoms with Crippen LogP contribution in [0.15, 0.2) is 24.3 Å². The Morgan fingerprint density at radius 3 is 2.20 bits per heavy atom.